The maximum absolute atomic E-state index is 11.7. The van der Waals surface area contributed by atoms with Crippen molar-refractivity contribution < 1.29 is 27.3 Å². The Labute approximate surface area is 107 Å². The van der Waals surface area contributed by atoms with E-state index in [2.05, 4.69) is 4.18 Å². The Hall–Kier alpha value is -2.41. The SMILES string of the molecule is O=C(O)c1c2cc3ccccc3c1C(=O)OS2(=O)=O. The summed E-state index contributed by atoms with van der Waals surface area (Å²) in [6, 6.07) is 7.63. The van der Waals surface area contributed by atoms with Crippen LogP contribution in [-0.4, -0.2) is 25.5 Å². The summed E-state index contributed by atoms with van der Waals surface area (Å²) in [5.41, 5.74) is -0.759. The van der Waals surface area contributed by atoms with Gasteiger partial charge in [0.15, 0.2) is 0 Å². The molecule has 0 saturated heterocycles. The molecular weight excluding hydrogens is 272 g/mol. The van der Waals surface area contributed by atoms with E-state index in [1.54, 1.807) is 24.3 Å². The van der Waals surface area contributed by atoms with Crippen LogP contribution in [0.5, 0.6) is 0 Å². The van der Waals surface area contributed by atoms with E-state index < -0.39 is 32.5 Å². The molecule has 0 atom stereocenters. The summed E-state index contributed by atoms with van der Waals surface area (Å²) >= 11 is 0. The predicted molar refractivity (Wildman–Crippen MR) is 63.5 cm³/mol. The lowest BCUT2D eigenvalue weighted by atomic mass is 9.99. The van der Waals surface area contributed by atoms with Gasteiger partial charge in [0, 0.05) is 0 Å². The molecule has 1 aliphatic heterocycles. The lowest BCUT2D eigenvalue weighted by molar-refractivity contribution is 0.0656. The molecule has 1 aliphatic rings. The number of fused-ring (bicyclic) bond motifs is 4. The monoisotopic (exact) mass is 278 g/mol. The van der Waals surface area contributed by atoms with E-state index in [0.29, 0.717) is 10.8 Å². The zero-order valence-electron chi connectivity index (χ0n) is 9.28. The third-order valence-electron chi connectivity index (χ3n) is 2.89. The van der Waals surface area contributed by atoms with E-state index in [0.717, 1.165) is 0 Å². The van der Waals surface area contributed by atoms with Gasteiger partial charge in [-0.3, -0.25) is 0 Å². The van der Waals surface area contributed by atoms with Crippen LogP contribution in [0.15, 0.2) is 35.2 Å². The van der Waals surface area contributed by atoms with Crippen molar-refractivity contribution in [3.8, 4) is 0 Å². The van der Waals surface area contributed by atoms with Crippen molar-refractivity contribution in [1.29, 1.82) is 0 Å². The third kappa shape index (κ3) is 1.52. The molecule has 0 unspecified atom stereocenters. The molecule has 0 aliphatic carbocycles. The molecule has 96 valence electrons. The normalized spacial score (nSPS) is 16.1. The summed E-state index contributed by atoms with van der Waals surface area (Å²) in [6.07, 6.45) is 0. The molecule has 0 radical (unpaired) electrons. The molecule has 0 saturated carbocycles. The lowest BCUT2D eigenvalue weighted by Gasteiger charge is -2.18. The maximum Gasteiger partial charge on any atom is 0.355 e. The number of rotatable bonds is 1. The fourth-order valence-electron chi connectivity index (χ4n) is 2.13. The first kappa shape index (κ1) is 11.7. The van der Waals surface area contributed by atoms with Crippen LogP contribution in [-0.2, 0) is 14.3 Å². The van der Waals surface area contributed by atoms with Crippen molar-refractivity contribution in [2.45, 2.75) is 4.90 Å². The zero-order chi connectivity index (χ0) is 13.8. The second-order valence-corrected chi connectivity index (χ2v) is 5.49. The largest absolute Gasteiger partial charge is 0.478 e. The van der Waals surface area contributed by atoms with Gasteiger partial charge in [-0.2, -0.15) is 8.42 Å². The molecule has 3 rings (SSSR count). The van der Waals surface area contributed by atoms with Crippen molar-refractivity contribution >= 4 is 32.8 Å². The molecule has 1 N–H and O–H groups in total. The summed E-state index contributed by atoms with van der Waals surface area (Å²) in [5, 5.41) is 9.97. The van der Waals surface area contributed by atoms with Crippen LogP contribution < -0.4 is 0 Å². The van der Waals surface area contributed by atoms with Gasteiger partial charge >= 0.3 is 22.1 Å². The first-order valence-electron chi connectivity index (χ1n) is 5.19. The van der Waals surface area contributed by atoms with Crippen molar-refractivity contribution in [2.24, 2.45) is 0 Å². The fourth-order valence-corrected chi connectivity index (χ4v) is 3.21. The molecule has 0 aromatic heterocycles. The summed E-state index contributed by atoms with van der Waals surface area (Å²) in [6.45, 7) is 0. The van der Waals surface area contributed by atoms with Crippen LogP contribution in [0.4, 0.5) is 0 Å². The Kier molecular flexibility index (Phi) is 2.18. The molecule has 6 nitrogen and oxygen atoms in total. The molecule has 2 aromatic carbocycles. The van der Waals surface area contributed by atoms with Gasteiger partial charge in [-0.15, -0.1) is 0 Å². The highest BCUT2D eigenvalue weighted by atomic mass is 32.2. The van der Waals surface area contributed by atoms with Crippen LogP contribution >= 0.6 is 0 Å². The number of carbonyl (C=O) groups excluding carboxylic acids is 1. The Morgan fingerprint density at radius 2 is 1.89 bits per heavy atom. The van der Waals surface area contributed by atoms with Crippen LogP contribution in [0.2, 0.25) is 0 Å². The predicted octanol–water partition coefficient (Wildman–Crippen LogP) is 1.40. The summed E-state index contributed by atoms with van der Waals surface area (Å²) in [5.74, 6) is -2.64. The molecule has 1 heterocycles. The molecule has 0 fully saturated rings. The van der Waals surface area contributed by atoms with Gasteiger partial charge in [-0.1, -0.05) is 24.3 Å². The third-order valence-corrected chi connectivity index (χ3v) is 4.12. The molecule has 0 spiro atoms. The van der Waals surface area contributed by atoms with Gasteiger partial charge in [-0.25, -0.2) is 9.59 Å². The highest BCUT2D eigenvalue weighted by molar-refractivity contribution is 7.87. The average molecular weight is 278 g/mol. The Bertz CT molecular complexity index is 850. The van der Waals surface area contributed by atoms with Crippen molar-refractivity contribution in [3.63, 3.8) is 0 Å². The number of hydrogen-bond acceptors (Lipinski definition) is 5. The fraction of sp³-hybridized carbons (Fsp3) is 0. The smallest absolute Gasteiger partial charge is 0.355 e. The maximum atomic E-state index is 11.7. The Balaban J connectivity index is 2.62. The van der Waals surface area contributed by atoms with E-state index in [-0.39, 0.29) is 5.56 Å². The number of carbonyl (C=O) groups is 2. The van der Waals surface area contributed by atoms with Crippen molar-refractivity contribution in [1.82, 2.24) is 0 Å². The van der Waals surface area contributed by atoms with Gasteiger partial charge in [0.25, 0.3) is 0 Å². The summed E-state index contributed by atoms with van der Waals surface area (Å²) in [4.78, 5) is 22.5. The minimum atomic E-state index is -4.37. The Morgan fingerprint density at radius 3 is 2.58 bits per heavy atom. The molecular formula is C12H6O6S. The molecule has 2 bridgehead atoms. The number of aromatic carboxylic acids is 1. The first-order chi connectivity index (χ1) is 8.92. The highest BCUT2D eigenvalue weighted by Gasteiger charge is 2.38. The van der Waals surface area contributed by atoms with Crippen molar-refractivity contribution in [3.05, 3.63) is 41.5 Å². The van der Waals surface area contributed by atoms with E-state index >= 15 is 0 Å². The highest BCUT2D eigenvalue weighted by Crippen LogP contribution is 2.34. The second kappa shape index (κ2) is 3.55. The van der Waals surface area contributed by atoms with Gasteiger partial charge in [0.05, 0.1) is 11.1 Å². The van der Waals surface area contributed by atoms with Gasteiger partial charge in [0.1, 0.15) is 4.90 Å². The molecule has 0 amide bonds. The summed E-state index contributed by atoms with van der Waals surface area (Å²) in [7, 11) is -4.37. The van der Waals surface area contributed by atoms with Crippen LogP contribution in [0, 0.1) is 0 Å². The number of carboxylic acids is 1. The molecule has 7 heteroatoms. The van der Waals surface area contributed by atoms with E-state index in [1.165, 1.54) is 6.07 Å². The molecule has 2 aromatic rings. The zero-order valence-corrected chi connectivity index (χ0v) is 10.1. The lowest BCUT2D eigenvalue weighted by Crippen LogP contribution is -2.26. The minimum Gasteiger partial charge on any atom is -0.478 e. The summed E-state index contributed by atoms with van der Waals surface area (Å²) < 4.78 is 27.8. The van der Waals surface area contributed by atoms with E-state index in [4.69, 9.17) is 5.11 Å². The number of benzene rings is 2. The topological polar surface area (TPSA) is 97.7 Å². The quantitative estimate of drug-likeness (QED) is 0.792. The minimum absolute atomic E-state index is 0.226. The van der Waals surface area contributed by atoms with E-state index in [1.807, 2.05) is 0 Å². The molecule has 19 heavy (non-hydrogen) atoms. The second-order valence-electron chi connectivity index (χ2n) is 3.98. The average Bonchev–Trinajstić information content (AvgIpc) is 2.34. The van der Waals surface area contributed by atoms with Crippen LogP contribution in [0.3, 0.4) is 0 Å². The van der Waals surface area contributed by atoms with Crippen molar-refractivity contribution in [2.75, 3.05) is 0 Å². The van der Waals surface area contributed by atoms with Crippen LogP contribution in [0.25, 0.3) is 10.8 Å². The van der Waals surface area contributed by atoms with Gasteiger partial charge < -0.3 is 9.29 Å². The number of hydrogen-bond donors (Lipinski definition) is 1. The Morgan fingerprint density at radius 1 is 1.21 bits per heavy atom. The first-order valence-corrected chi connectivity index (χ1v) is 6.60. The standard InChI is InChI=1S/C12H6O6S/c13-11(14)10-8-5-6-3-1-2-4-7(6)9(10)12(15)18-19(8,16)17/h1-5H,(H,13,14). The van der Waals surface area contributed by atoms with Crippen LogP contribution in [0.1, 0.15) is 20.7 Å². The van der Waals surface area contributed by atoms with Gasteiger partial charge in [0.2, 0.25) is 0 Å². The van der Waals surface area contributed by atoms with E-state index in [9.17, 15) is 18.0 Å². The number of carboxylic acid groups (broad SMARTS) is 1. The van der Waals surface area contributed by atoms with Gasteiger partial charge in [-0.05, 0) is 16.8 Å².